The number of aromatic hydroxyl groups is 2. The highest BCUT2D eigenvalue weighted by molar-refractivity contribution is 14.1. The first-order valence-electron chi connectivity index (χ1n) is 18.0. The van der Waals surface area contributed by atoms with Gasteiger partial charge < -0.3 is 48.1 Å². The Bertz CT molecular complexity index is 2000. The number of morpholine rings is 1. The third-order valence-corrected chi connectivity index (χ3v) is 13.3. The molecule has 2 saturated heterocycles. The number of hydrogen-bond acceptors (Lipinski definition) is 16. The van der Waals surface area contributed by atoms with Crippen LogP contribution in [0.4, 0.5) is 5.69 Å². The van der Waals surface area contributed by atoms with Crippen molar-refractivity contribution in [3.8, 4) is 17.2 Å². The van der Waals surface area contributed by atoms with Crippen LogP contribution in [-0.4, -0.2) is 107 Å². The molecule has 1 aromatic heterocycles. The number of halogens is 1. The molecule has 1 amide bonds. The number of rotatable bonds is 12. The number of pyridine rings is 1. The lowest BCUT2D eigenvalue weighted by Crippen LogP contribution is -2.54. The summed E-state index contributed by atoms with van der Waals surface area (Å²) in [7, 11) is 4.24. The largest absolute Gasteiger partial charge is 0.749 e. The summed E-state index contributed by atoms with van der Waals surface area (Å²) in [6.45, 7) is 5.32. The van der Waals surface area contributed by atoms with E-state index >= 15 is 0 Å². The molecule has 2 fully saturated rings. The minimum atomic E-state index is -1.05. The molecule has 0 bridgehead atoms. The van der Waals surface area contributed by atoms with Crippen LogP contribution in [0.1, 0.15) is 68.3 Å². The molecule has 3 heterocycles. The molecular formula is C38H40IN4O11S2-. The van der Waals surface area contributed by atoms with E-state index in [9.17, 15) is 34.9 Å². The molecule has 3 unspecified atom stereocenters. The number of fused-ring (bicyclic) bond motifs is 3. The van der Waals surface area contributed by atoms with Crippen LogP contribution in [-0.2, 0) is 25.4 Å². The predicted molar refractivity (Wildman–Crippen MR) is 216 cm³/mol. The zero-order valence-corrected chi connectivity index (χ0v) is 34.0. The number of amides is 1. The van der Waals surface area contributed by atoms with Crippen LogP contribution in [0.5, 0.6) is 17.2 Å². The number of hydrogen-bond donors (Lipinski definition) is 4. The Balaban J connectivity index is 1.16. The minimum Gasteiger partial charge on any atom is -0.749 e. The lowest BCUT2D eigenvalue weighted by molar-refractivity contribution is -0.234. The van der Waals surface area contributed by atoms with Crippen LogP contribution in [0.25, 0.3) is 0 Å². The summed E-state index contributed by atoms with van der Waals surface area (Å²) >= 11 is 1.62. The molecule has 4 N–H and O–H groups in total. The van der Waals surface area contributed by atoms with Crippen LogP contribution in [0.3, 0.4) is 0 Å². The molecule has 7 rings (SSSR count). The zero-order valence-electron chi connectivity index (χ0n) is 30.2. The molecule has 0 saturated carbocycles. The summed E-state index contributed by atoms with van der Waals surface area (Å²) < 4.78 is 24.4. The van der Waals surface area contributed by atoms with Crippen LogP contribution in [0.15, 0.2) is 54.2 Å². The monoisotopic (exact) mass is 919 g/mol. The number of ether oxygens (including phenoxy) is 4. The lowest BCUT2D eigenvalue weighted by Gasteiger charge is -2.44. The van der Waals surface area contributed by atoms with Gasteiger partial charge in [-0.3, -0.25) is 19.3 Å². The second-order valence-corrected chi connectivity index (χ2v) is 17.0. The quantitative estimate of drug-likeness (QED) is 0.0286. The maximum absolute atomic E-state index is 14.1. The maximum Gasteiger partial charge on any atom is 0.223 e. The Morgan fingerprint density at radius 2 is 1.96 bits per heavy atom. The smallest absolute Gasteiger partial charge is 0.223 e. The predicted octanol–water partition coefficient (Wildman–Crippen LogP) is 4.82. The summed E-state index contributed by atoms with van der Waals surface area (Å²) in [4.78, 5) is 48.1. The summed E-state index contributed by atoms with van der Waals surface area (Å²) in [5.41, 5.74) is -0.0468. The highest BCUT2D eigenvalue weighted by atomic mass is 127. The molecule has 2 aliphatic carbocycles. The van der Waals surface area contributed by atoms with Gasteiger partial charge in [0.2, 0.25) is 11.7 Å². The SMILES string of the molecule is C=C[C@H]1CC(N2CCOC[C@H]2O)C[C@H](OC2CC(C(=O)NCCSSc3ccc(N([O-])I)cn3)Cc3c(O)c4c(c(O)c32)C(=O)c2c(OC)cccc2C4=O)O1. The van der Waals surface area contributed by atoms with E-state index in [1.165, 1.54) is 47.0 Å². The molecule has 4 aliphatic rings. The number of carbonyl (C=O) groups excluding carboxylic acids is 3. The first-order valence-corrected chi connectivity index (χ1v) is 21.3. The summed E-state index contributed by atoms with van der Waals surface area (Å²) in [5.74, 6) is -2.79. The van der Waals surface area contributed by atoms with E-state index in [2.05, 4.69) is 16.9 Å². The Morgan fingerprint density at radius 3 is 2.68 bits per heavy atom. The van der Waals surface area contributed by atoms with E-state index in [0.29, 0.717) is 52.3 Å². The van der Waals surface area contributed by atoms with Gasteiger partial charge in [0.25, 0.3) is 0 Å². The van der Waals surface area contributed by atoms with Crippen molar-refractivity contribution in [3.05, 3.63) is 87.8 Å². The maximum atomic E-state index is 14.1. The van der Waals surface area contributed by atoms with Crippen molar-refractivity contribution in [2.45, 2.75) is 61.5 Å². The van der Waals surface area contributed by atoms with E-state index in [0.717, 1.165) is 0 Å². The van der Waals surface area contributed by atoms with E-state index in [4.69, 9.17) is 18.9 Å². The van der Waals surface area contributed by atoms with Crippen LogP contribution >= 0.6 is 44.5 Å². The molecule has 15 nitrogen and oxygen atoms in total. The topological polar surface area (TPSA) is 203 Å². The molecule has 0 spiro atoms. The van der Waals surface area contributed by atoms with E-state index in [-0.39, 0.29) is 70.5 Å². The van der Waals surface area contributed by atoms with Gasteiger partial charge in [-0.1, -0.05) is 29.0 Å². The van der Waals surface area contributed by atoms with Gasteiger partial charge in [-0.15, -0.1) is 6.58 Å². The second kappa shape index (κ2) is 17.6. The average Bonchev–Trinajstić information content (AvgIpc) is 3.20. The third-order valence-electron chi connectivity index (χ3n) is 10.4. The first kappa shape index (κ1) is 40.7. The van der Waals surface area contributed by atoms with Crippen molar-refractivity contribution in [2.75, 3.05) is 42.4 Å². The number of ketones is 2. The molecule has 298 valence electrons. The number of benzene rings is 2. The Labute approximate surface area is 344 Å². The molecular weight excluding hydrogens is 879 g/mol. The number of anilines is 1. The van der Waals surface area contributed by atoms with E-state index in [1.54, 1.807) is 47.1 Å². The number of nitrogens with one attached hydrogen (secondary N) is 1. The Morgan fingerprint density at radius 1 is 1.16 bits per heavy atom. The van der Waals surface area contributed by atoms with Crippen molar-refractivity contribution in [1.29, 1.82) is 0 Å². The third kappa shape index (κ3) is 8.12. The van der Waals surface area contributed by atoms with Crippen LogP contribution in [0.2, 0.25) is 0 Å². The first-order chi connectivity index (χ1) is 27.0. The minimum absolute atomic E-state index is 0.0238. The fourth-order valence-electron chi connectivity index (χ4n) is 7.81. The van der Waals surface area contributed by atoms with Gasteiger partial charge in [0.15, 0.2) is 12.1 Å². The van der Waals surface area contributed by atoms with Crippen molar-refractivity contribution in [3.63, 3.8) is 0 Å². The summed E-state index contributed by atoms with van der Waals surface area (Å²) in [5, 5.41) is 49.7. The average molecular weight is 920 g/mol. The van der Waals surface area contributed by atoms with Crippen LogP contribution in [0, 0.1) is 11.1 Å². The van der Waals surface area contributed by atoms with Gasteiger partial charge >= 0.3 is 0 Å². The molecule has 0 radical (unpaired) electrons. The van der Waals surface area contributed by atoms with Gasteiger partial charge in [-0.25, -0.2) is 4.98 Å². The zero-order chi connectivity index (χ0) is 39.7. The molecule has 2 aliphatic heterocycles. The van der Waals surface area contributed by atoms with Crippen molar-refractivity contribution in [1.82, 2.24) is 15.2 Å². The highest BCUT2D eigenvalue weighted by Crippen LogP contribution is 2.52. The van der Waals surface area contributed by atoms with Crippen molar-refractivity contribution < 1.29 is 48.7 Å². The number of aliphatic hydroxyl groups excluding tert-OH is 1. The Hall–Kier alpha value is -3.47. The van der Waals surface area contributed by atoms with Crippen molar-refractivity contribution in [2.24, 2.45) is 5.92 Å². The summed E-state index contributed by atoms with van der Waals surface area (Å²) in [6, 6.07) is 7.79. The number of phenolic OH excluding ortho intramolecular Hbond substituents is 2. The summed E-state index contributed by atoms with van der Waals surface area (Å²) in [6.07, 6.45) is 0.794. The number of carbonyl (C=O) groups is 3. The number of aromatic nitrogens is 1. The van der Waals surface area contributed by atoms with Gasteiger partial charge in [0, 0.05) is 76.8 Å². The Kier molecular flexibility index (Phi) is 12.8. The van der Waals surface area contributed by atoms with Crippen molar-refractivity contribution >= 4 is 67.6 Å². The van der Waals surface area contributed by atoms with Gasteiger partial charge in [-0.2, -0.15) is 0 Å². The lowest BCUT2D eigenvalue weighted by atomic mass is 9.74. The molecule has 3 aromatic rings. The van der Waals surface area contributed by atoms with Gasteiger partial charge in [0.1, 0.15) is 28.5 Å². The fourth-order valence-corrected chi connectivity index (χ4v) is 9.86. The highest BCUT2D eigenvalue weighted by Gasteiger charge is 2.45. The van der Waals surface area contributed by atoms with Crippen LogP contribution < -0.4 is 13.3 Å². The normalized spacial score (nSPS) is 24.8. The van der Waals surface area contributed by atoms with Gasteiger partial charge in [0.05, 0.1) is 61.1 Å². The molecule has 6 atom stereocenters. The fraction of sp³-hybridized carbons (Fsp3) is 0.421. The molecule has 56 heavy (non-hydrogen) atoms. The van der Waals surface area contributed by atoms with E-state index in [1.807, 2.05) is 4.90 Å². The number of aliphatic hydroxyl groups is 1. The number of methoxy groups -OCH3 is 1. The number of phenols is 2. The standard InChI is InChI=1S/C38H40IN4O11S2/c1-3-22-15-21(42-10-11-52-18-28(42)44)16-29(53-22)54-26-14-19(38(49)40-9-12-55-56-27-8-7-20(17-41-27)43(39)50)13-24-31(26)37(48)33-32(35(24)46)34(45)23-5-4-6-25(51-2)30(23)36(33)47/h3-8,17,19,21-22,26,28-29,44,46,48H,1,9-16,18H2,2H3,(H,40,49)/q-1/t19?,21?,22-,26?,28+,29-/m0/s1. The van der Waals surface area contributed by atoms with Gasteiger partial charge in [-0.05, 0) is 48.3 Å². The number of nitrogens with zero attached hydrogens (tertiary/aromatic N) is 3. The molecule has 2 aromatic carbocycles. The second-order valence-electron chi connectivity index (χ2n) is 13.7. The van der Waals surface area contributed by atoms with E-state index < -0.39 is 53.7 Å². The molecule has 18 heteroatoms.